The number of carbonyl (C=O) groups is 1. The van der Waals surface area contributed by atoms with E-state index in [-0.39, 0.29) is 29.0 Å². The minimum Gasteiger partial charge on any atom is -0.458 e. The number of cyclic esters (lactones) is 1. The van der Waals surface area contributed by atoms with Crippen LogP contribution in [0.4, 0.5) is 4.39 Å². The monoisotopic (exact) mass is 386 g/mol. The Morgan fingerprint density at radius 3 is 2.61 bits per heavy atom. The molecule has 0 aromatic heterocycles. The Balaban J connectivity index is 2.06. The minimum atomic E-state index is -0.651. The maximum absolute atomic E-state index is 13.7. The average molecular weight is 387 g/mol. The van der Waals surface area contributed by atoms with Crippen LogP contribution in [-0.2, 0) is 9.53 Å². The number of allylic oxidation sites excluding steroid dienone is 3. The van der Waals surface area contributed by atoms with E-state index in [4.69, 9.17) is 4.74 Å². The summed E-state index contributed by atoms with van der Waals surface area (Å²) in [4.78, 5) is 11.6. The molecule has 4 heteroatoms. The molecule has 3 rings (SSSR count). The van der Waals surface area contributed by atoms with Crippen molar-refractivity contribution in [3.8, 4) is 0 Å². The van der Waals surface area contributed by atoms with Crippen LogP contribution in [0.25, 0.3) is 5.57 Å². The van der Waals surface area contributed by atoms with Gasteiger partial charge in [-0.25, -0.2) is 4.39 Å². The number of halogens is 1. The molecule has 0 bridgehead atoms. The molecule has 1 saturated heterocycles. The third-order valence-corrected chi connectivity index (χ3v) is 5.81. The lowest BCUT2D eigenvalue weighted by Gasteiger charge is -2.43. The first-order valence-corrected chi connectivity index (χ1v) is 10.0. The number of ether oxygens (including phenoxy) is 1. The van der Waals surface area contributed by atoms with E-state index in [9.17, 15) is 14.3 Å². The molecule has 3 nitrogen and oxygen atoms in total. The molecule has 0 amide bonds. The van der Waals surface area contributed by atoms with Gasteiger partial charge in [0.25, 0.3) is 0 Å². The fourth-order valence-corrected chi connectivity index (χ4v) is 5.00. The highest BCUT2D eigenvalue weighted by molar-refractivity contribution is 5.76. The first kappa shape index (κ1) is 20.8. The molecule has 1 aromatic carbocycles. The highest BCUT2D eigenvalue weighted by Crippen LogP contribution is 2.52. The molecular formula is C24H31FO3. The van der Waals surface area contributed by atoms with Crippen molar-refractivity contribution in [2.45, 2.75) is 72.5 Å². The molecule has 1 fully saturated rings. The van der Waals surface area contributed by atoms with E-state index >= 15 is 0 Å². The zero-order chi connectivity index (χ0) is 20.7. The van der Waals surface area contributed by atoms with E-state index in [2.05, 4.69) is 33.8 Å². The number of esters is 1. The minimum absolute atomic E-state index is 0.0622. The van der Waals surface area contributed by atoms with Crippen LogP contribution in [0.5, 0.6) is 0 Å². The van der Waals surface area contributed by atoms with Gasteiger partial charge in [-0.2, -0.15) is 0 Å². The van der Waals surface area contributed by atoms with Crippen molar-refractivity contribution in [3.63, 3.8) is 0 Å². The van der Waals surface area contributed by atoms with Crippen molar-refractivity contribution in [1.82, 2.24) is 0 Å². The summed E-state index contributed by atoms with van der Waals surface area (Å²) in [6, 6.07) is 4.97. The normalized spacial score (nSPS) is 27.2. The number of hydrogen-bond acceptors (Lipinski definition) is 3. The van der Waals surface area contributed by atoms with E-state index < -0.39 is 12.2 Å². The van der Waals surface area contributed by atoms with Crippen molar-refractivity contribution >= 4 is 11.5 Å². The van der Waals surface area contributed by atoms with Crippen LogP contribution >= 0.6 is 0 Å². The number of carbonyl (C=O) groups excluding carboxylic acids is 1. The van der Waals surface area contributed by atoms with Gasteiger partial charge in [0, 0.05) is 6.42 Å². The van der Waals surface area contributed by atoms with Crippen molar-refractivity contribution < 1.29 is 19.0 Å². The standard InChI is InChI=1S/C24H31FO3/c1-15-10-16(25)6-8-19(15)20-13-23(2,3)14-24(4,5)21(20)9-7-18-11-17(26)12-22(27)28-18/h6-10,17-18,26H,11-14H2,1-5H3. The van der Waals surface area contributed by atoms with Gasteiger partial charge in [-0.15, -0.1) is 0 Å². The fraction of sp³-hybridized carbons (Fsp3) is 0.542. The van der Waals surface area contributed by atoms with Crippen molar-refractivity contribution in [3.05, 3.63) is 52.9 Å². The number of aryl methyl sites for hydroxylation is 1. The number of aliphatic hydroxyl groups is 1. The van der Waals surface area contributed by atoms with Gasteiger partial charge in [0.05, 0.1) is 12.5 Å². The maximum atomic E-state index is 13.7. The summed E-state index contributed by atoms with van der Waals surface area (Å²) >= 11 is 0. The zero-order valence-corrected chi connectivity index (χ0v) is 17.5. The zero-order valence-electron chi connectivity index (χ0n) is 17.5. The highest BCUT2D eigenvalue weighted by atomic mass is 19.1. The number of hydrogen-bond donors (Lipinski definition) is 1. The molecule has 1 aliphatic heterocycles. The summed E-state index contributed by atoms with van der Waals surface area (Å²) in [5.74, 6) is -0.586. The number of benzene rings is 1. The lowest BCUT2D eigenvalue weighted by atomic mass is 9.61. The largest absolute Gasteiger partial charge is 0.458 e. The van der Waals surface area contributed by atoms with Gasteiger partial charge < -0.3 is 9.84 Å². The SMILES string of the molecule is Cc1cc(F)ccc1C1=C(C=CC2CC(O)CC(=O)O2)C(C)(C)CC(C)(C)C1. The van der Waals surface area contributed by atoms with Crippen LogP contribution in [0, 0.1) is 23.6 Å². The summed E-state index contributed by atoms with van der Waals surface area (Å²) in [5, 5.41) is 9.87. The van der Waals surface area contributed by atoms with E-state index in [1.54, 1.807) is 6.07 Å². The highest BCUT2D eigenvalue weighted by Gasteiger charge is 2.39. The molecule has 2 aliphatic rings. The van der Waals surface area contributed by atoms with E-state index in [0.717, 1.165) is 24.0 Å². The Hall–Kier alpha value is -1.94. The molecule has 152 valence electrons. The van der Waals surface area contributed by atoms with Gasteiger partial charge in [0.2, 0.25) is 0 Å². The summed E-state index contributed by atoms with van der Waals surface area (Å²) in [5.41, 5.74) is 4.46. The van der Waals surface area contributed by atoms with E-state index in [0.29, 0.717) is 6.42 Å². The van der Waals surface area contributed by atoms with Gasteiger partial charge in [-0.3, -0.25) is 4.79 Å². The summed E-state index contributed by atoms with van der Waals surface area (Å²) in [7, 11) is 0. The van der Waals surface area contributed by atoms with E-state index in [1.165, 1.54) is 17.2 Å². The quantitative estimate of drug-likeness (QED) is 0.712. The second-order valence-electron chi connectivity index (χ2n) is 9.73. The molecule has 1 heterocycles. The molecule has 2 unspecified atom stereocenters. The molecule has 0 saturated carbocycles. The van der Waals surface area contributed by atoms with Crippen LogP contribution in [-0.4, -0.2) is 23.3 Å². The summed E-state index contributed by atoms with van der Waals surface area (Å²) < 4.78 is 19.1. The molecule has 1 N–H and O–H groups in total. The smallest absolute Gasteiger partial charge is 0.309 e. The maximum Gasteiger partial charge on any atom is 0.309 e. The van der Waals surface area contributed by atoms with Crippen molar-refractivity contribution in [2.24, 2.45) is 10.8 Å². The molecule has 0 spiro atoms. The molecule has 2 atom stereocenters. The van der Waals surface area contributed by atoms with Crippen LogP contribution in [0.15, 0.2) is 35.9 Å². The van der Waals surface area contributed by atoms with Crippen LogP contribution in [0.2, 0.25) is 0 Å². The van der Waals surface area contributed by atoms with Crippen molar-refractivity contribution in [2.75, 3.05) is 0 Å². The molecule has 0 radical (unpaired) electrons. The summed E-state index contributed by atoms with van der Waals surface area (Å²) in [6.07, 6.45) is 5.30. The average Bonchev–Trinajstić information content (AvgIpc) is 2.50. The van der Waals surface area contributed by atoms with Gasteiger partial charge in [0.1, 0.15) is 11.9 Å². The first-order valence-electron chi connectivity index (χ1n) is 10.0. The van der Waals surface area contributed by atoms with Crippen LogP contribution in [0.3, 0.4) is 0 Å². The lowest BCUT2D eigenvalue weighted by molar-refractivity contribution is -0.156. The van der Waals surface area contributed by atoms with Gasteiger partial charge in [0.15, 0.2) is 0 Å². The van der Waals surface area contributed by atoms with Crippen LogP contribution in [0.1, 0.15) is 64.5 Å². The molecule has 1 aliphatic carbocycles. The lowest BCUT2D eigenvalue weighted by Crippen LogP contribution is -2.32. The molecular weight excluding hydrogens is 355 g/mol. The fourth-order valence-electron chi connectivity index (χ4n) is 5.00. The predicted molar refractivity (Wildman–Crippen MR) is 109 cm³/mol. The first-order chi connectivity index (χ1) is 13.0. The Labute approximate surface area is 167 Å². The predicted octanol–water partition coefficient (Wildman–Crippen LogP) is 5.36. The van der Waals surface area contributed by atoms with Gasteiger partial charge in [-0.05, 0) is 71.1 Å². The second kappa shape index (κ2) is 7.47. The van der Waals surface area contributed by atoms with Crippen LogP contribution < -0.4 is 0 Å². The Morgan fingerprint density at radius 2 is 1.96 bits per heavy atom. The number of aliphatic hydroxyl groups excluding tert-OH is 1. The Kier molecular flexibility index (Phi) is 5.55. The van der Waals surface area contributed by atoms with Gasteiger partial charge in [-0.1, -0.05) is 39.8 Å². The van der Waals surface area contributed by atoms with Gasteiger partial charge >= 0.3 is 5.97 Å². The second-order valence-corrected chi connectivity index (χ2v) is 9.73. The molecule has 1 aromatic rings. The Bertz CT molecular complexity index is 832. The topological polar surface area (TPSA) is 46.5 Å². The molecule has 28 heavy (non-hydrogen) atoms. The number of rotatable bonds is 3. The van der Waals surface area contributed by atoms with Crippen molar-refractivity contribution in [1.29, 1.82) is 0 Å². The summed E-state index contributed by atoms with van der Waals surface area (Å²) in [6.45, 7) is 10.9. The van der Waals surface area contributed by atoms with E-state index in [1.807, 2.05) is 19.1 Å². The third-order valence-electron chi connectivity index (χ3n) is 5.81. The Morgan fingerprint density at radius 1 is 1.25 bits per heavy atom. The third kappa shape index (κ3) is 4.54.